The molecule has 0 radical (unpaired) electrons. The van der Waals surface area contributed by atoms with E-state index < -0.39 is 0 Å². The van der Waals surface area contributed by atoms with E-state index in [1.54, 1.807) is 11.1 Å². The first kappa shape index (κ1) is 13.1. The number of aromatic nitrogens is 1. The Labute approximate surface area is 118 Å². The molecule has 3 rings (SSSR count). The van der Waals surface area contributed by atoms with Crippen molar-refractivity contribution >= 4 is 16.8 Å². The monoisotopic (exact) mass is 270 g/mol. The number of carbonyl (C=O) groups excluding carboxylic acids is 1. The normalized spacial score (nSPS) is 22.4. The van der Waals surface area contributed by atoms with Crippen LogP contribution in [0.5, 0.6) is 0 Å². The second-order valence-corrected chi connectivity index (χ2v) is 5.43. The maximum atomic E-state index is 12.6. The molecule has 0 bridgehead atoms. The van der Waals surface area contributed by atoms with E-state index in [1.165, 1.54) is 0 Å². The van der Waals surface area contributed by atoms with E-state index in [9.17, 15) is 9.90 Å². The molecule has 2 unspecified atom stereocenters. The van der Waals surface area contributed by atoms with Crippen LogP contribution in [0.15, 0.2) is 36.5 Å². The number of likely N-dealkylation sites (tertiary alicyclic amines) is 1. The average molecular weight is 270 g/mol. The van der Waals surface area contributed by atoms with E-state index >= 15 is 0 Å². The molecule has 1 N–H and O–H groups in total. The van der Waals surface area contributed by atoms with E-state index in [4.69, 9.17) is 0 Å². The van der Waals surface area contributed by atoms with Crippen LogP contribution < -0.4 is 0 Å². The largest absolute Gasteiger partial charge is 0.394 e. The van der Waals surface area contributed by atoms with Gasteiger partial charge in [0.15, 0.2) is 0 Å². The number of fused-ring (bicyclic) bond motifs is 1. The summed E-state index contributed by atoms with van der Waals surface area (Å²) in [7, 11) is 0. The van der Waals surface area contributed by atoms with Crippen LogP contribution >= 0.6 is 0 Å². The second kappa shape index (κ2) is 5.21. The SMILES string of the molecule is CC1CCN(C(=O)c2ccc3ncccc3c2)C1CO. The topological polar surface area (TPSA) is 53.4 Å². The summed E-state index contributed by atoms with van der Waals surface area (Å²) in [4.78, 5) is 18.7. The second-order valence-electron chi connectivity index (χ2n) is 5.43. The Morgan fingerprint density at radius 3 is 3.10 bits per heavy atom. The Bertz CT molecular complexity index is 641. The van der Waals surface area contributed by atoms with Crippen molar-refractivity contribution in [2.24, 2.45) is 5.92 Å². The van der Waals surface area contributed by atoms with Gasteiger partial charge in [-0.15, -0.1) is 0 Å². The number of pyridine rings is 1. The zero-order chi connectivity index (χ0) is 14.1. The van der Waals surface area contributed by atoms with Crippen LogP contribution in [0.1, 0.15) is 23.7 Å². The van der Waals surface area contributed by atoms with Gasteiger partial charge in [0.1, 0.15) is 0 Å². The first-order valence-electron chi connectivity index (χ1n) is 6.97. The lowest BCUT2D eigenvalue weighted by atomic mass is 10.0. The predicted molar refractivity (Wildman–Crippen MR) is 77.4 cm³/mol. The highest BCUT2D eigenvalue weighted by Gasteiger charge is 2.34. The first-order chi connectivity index (χ1) is 9.70. The van der Waals surface area contributed by atoms with Crippen LogP contribution in [0.2, 0.25) is 0 Å². The first-order valence-corrected chi connectivity index (χ1v) is 6.97. The lowest BCUT2D eigenvalue weighted by Crippen LogP contribution is -2.39. The molecule has 0 saturated carbocycles. The lowest BCUT2D eigenvalue weighted by Gasteiger charge is -2.25. The number of nitrogens with zero attached hydrogens (tertiary/aromatic N) is 2. The van der Waals surface area contributed by atoms with Crippen LogP contribution in [0.25, 0.3) is 10.9 Å². The minimum atomic E-state index is -0.0629. The highest BCUT2D eigenvalue weighted by molar-refractivity contribution is 5.98. The zero-order valence-corrected chi connectivity index (χ0v) is 11.5. The summed E-state index contributed by atoms with van der Waals surface area (Å²) < 4.78 is 0. The summed E-state index contributed by atoms with van der Waals surface area (Å²) in [5.74, 6) is 0.352. The minimum Gasteiger partial charge on any atom is -0.394 e. The maximum absolute atomic E-state index is 12.6. The molecular formula is C16H18N2O2. The summed E-state index contributed by atoms with van der Waals surface area (Å²) >= 11 is 0. The molecule has 4 heteroatoms. The number of amides is 1. The van der Waals surface area contributed by atoms with Crippen molar-refractivity contribution in [2.75, 3.05) is 13.2 Å². The third kappa shape index (κ3) is 2.16. The molecule has 1 aliphatic rings. The smallest absolute Gasteiger partial charge is 0.254 e. The van der Waals surface area contributed by atoms with Gasteiger partial charge in [0, 0.05) is 23.7 Å². The molecular weight excluding hydrogens is 252 g/mol. The summed E-state index contributed by atoms with van der Waals surface area (Å²) in [6, 6.07) is 9.32. The molecule has 1 aromatic carbocycles. The quantitative estimate of drug-likeness (QED) is 0.909. The summed E-state index contributed by atoms with van der Waals surface area (Å²) in [5, 5.41) is 10.4. The van der Waals surface area contributed by atoms with Gasteiger partial charge in [0.2, 0.25) is 0 Å². The molecule has 1 saturated heterocycles. The Morgan fingerprint density at radius 2 is 2.30 bits per heavy atom. The van der Waals surface area contributed by atoms with Crippen LogP contribution in [-0.2, 0) is 0 Å². The maximum Gasteiger partial charge on any atom is 0.254 e. The molecule has 1 aliphatic heterocycles. The Balaban J connectivity index is 1.92. The molecule has 104 valence electrons. The highest BCUT2D eigenvalue weighted by Crippen LogP contribution is 2.26. The van der Waals surface area contributed by atoms with Gasteiger partial charge < -0.3 is 10.0 Å². The van der Waals surface area contributed by atoms with Gasteiger partial charge in [-0.3, -0.25) is 9.78 Å². The van der Waals surface area contributed by atoms with Crippen molar-refractivity contribution < 1.29 is 9.90 Å². The Kier molecular flexibility index (Phi) is 3.40. The molecule has 2 aromatic rings. The van der Waals surface area contributed by atoms with Crippen molar-refractivity contribution in [1.82, 2.24) is 9.88 Å². The van der Waals surface area contributed by atoms with Crippen LogP contribution in [0.4, 0.5) is 0 Å². The van der Waals surface area contributed by atoms with Crippen molar-refractivity contribution in [3.63, 3.8) is 0 Å². The fourth-order valence-corrected chi connectivity index (χ4v) is 2.91. The van der Waals surface area contributed by atoms with E-state index in [0.29, 0.717) is 11.5 Å². The lowest BCUT2D eigenvalue weighted by molar-refractivity contribution is 0.0648. The van der Waals surface area contributed by atoms with Gasteiger partial charge in [0.05, 0.1) is 18.2 Å². The third-order valence-electron chi connectivity index (χ3n) is 4.18. The molecule has 0 aliphatic carbocycles. The minimum absolute atomic E-state index is 0.000784. The number of aliphatic hydroxyl groups is 1. The predicted octanol–water partition coefficient (Wildman–Crippen LogP) is 2.08. The average Bonchev–Trinajstić information content (AvgIpc) is 2.86. The standard InChI is InChI=1S/C16H18N2O2/c1-11-6-8-18(15(11)10-19)16(20)13-4-5-14-12(9-13)3-2-7-17-14/h2-5,7,9,11,15,19H,6,8,10H2,1H3. The number of benzene rings is 1. The van der Waals surface area contributed by atoms with Gasteiger partial charge in [-0.25, -0.2) is 0 Å². The highest BCUT2D eigenvalue weighted by atomic mass is 16.3. The molecule has 4 nitrogen and oxygen atoms in total. The van der Waals surface area contributed by atoms with Crippen molar-refractivity contribution in [2.45, 2.75) is 19.4 Å². The van der Waals surface area contributed by atoms with Crippen LogP contribution in [-0.4, -0.2) is 40.1 Å². The Hall–Kier alpha value is -1.94. The fourth-order valence-electron chi connectivity index (χ4n) is 2.91. The molecule has 0 spiro atoms. The zero-order valence-electron chi connectivity index (χ0n) is 11.5. The number of carbonyl (C=O) groups is 1. The van der Waals surface area contributed by atoms with E-state index in [2.05, 4.69) is 11.9 Å². The molecule has 2 heterocycles. The number of hydrogen-bond acceptors (Lipinski definition) is 3. The molecule has 20 heavy (non-hydrogen) atoms. The van der Waals surface area contributed by atoms with Gasteiger partial charge in [-0.1, -0.05) is 13.0 Å². The summed E-state index contributed by atoms with van der Waals surface area (Å²) in [6.45, 7) is 2.83. The summed E-state index contributed by atoms with van der Waals surface area (Å²) in [6.07, 6.45) is 2.69. The fraction of sp³-hybridized carbons (Fsp3) is 0.375. The van der Waals surface area contributed by atoms with Crippen molar-refractivity contribution in [1.29, 1.82) is 0 Å². The van der Waals surface area contributed by atoms with E-state index in [0.717, 1.165) is 23.9 Å². The van der Waals surface area contributed by atoms with Gasteiger partial charge >= 0.3 is 0 Å². The van der Waals surface area contributed by atoms with Crippen molar-refractivity contribution in [3.8, 4) is 0 Å². The molecule has 2 atom stereocenters. The number of aliphatic hydroxyl groups excluding tert-OH is 1. The Morgan fingerprint density at radius 1 is 1.45 bits per heavy atom. The number of hydrogen-bond donors (Lipinski definition) is 1. The summed E-state index contributed by atoms with van der Waals surface area (Å²) in [5.41, 5.74) is 1.55. The van der Waals surface area contributed by atoms with Crippen LogP contribution in [0.3, 0.4) is 0 Å². The van der Waals surface area contributed by atoms with Crippen LogP contribution in [0, 0.1) is 5.92 Å². The van der Waals surface area contributed by atoms with Gasteiger partial charge in [-0.05, 0) is 36.6 Å². The van der Waals surface area contributed by atoms with Crippen molar-refractivity contribution in [3.05, 3.63) is 42.1 Å². The number of rotatable bonds is 2. The van der Waals surface area contributed by atoms with Gasteiger partial charge in [-0.2, -0.15) is 0 Å². The third-order valence-corrected chi connectivity index (χ3v) is 4.18. The molecule has 1 amide bonds. The van der Waals surface area contributed by atoms with Gasteiger partial charge in [0.25, 0.3) is 5.91 Å². The van der Waals surface area contributed by atoms with E-state index in [-0.39, 0.29) is 18.6 Å². The molecule has 1 fully saturated rings. The van der Waals surface area contributed by atoms with E-state index in [1.807, 2.05) is 30.3 Å². The molecule has 1 aromatic heterocycles.